The van der Waals surface area contributed by atoms with E-state index in [4.69, 9.17) is 9.47 Å². The summed E-state index contributed by atoms with van der Waals surface area (Å²) in [5.41, 5.74) is 0. The highest BCUT2D eigenvalue weighted by molar-refractivity contribution is 7.89. The summed E-state index contributed by atoms with van der Waals surface area (Å²) in [5, 5.41) is 0. The second-order valence-electron chi connectivity index (χ2n) is 8.43. The molecule has 1 atom stereocenters. The lowest BCUT2D eigenvalue weighted by Crippen LogP contribution is -2.53. The Morgan fingerprint density at radius 3 is 2.50 bits per heavy atom. The third-order valence-electron chi connectivity index (χ3n) is 6.05. The molecular formula is C21H31N3O5S. The smallest absolute Gasteiger partial charge is 0.243 e. The van der Waals surface area contributed by atoms with Crippen molar-refractivity contribution in [3.05, 3.63) is 18.2 Å². The van der Waals surface area contributed by atoms with Crippen molar-refractivity contribution in [1.29, 1.82) is 0 Å². The van der Waals surface area contributed by atoms with E-state index in [1.165, 1.54) is 10.7 Å². The van der Waals surface area contributed by atoms with Crippen LogP contribution in [-0.4, -0.2) is 87.5 Å². The lowest BCUT2D eigenvalue weighted by Gasteiger charge is -2.36. The first kappa shape index (κ1) is 21.4. The van der Waals surface area contributed by atoms with Crippen LogP contribution in [0, 0.1) is 5.92 Å². The average molecular weight is 438 g/mol. The Labute approximate surface area is 178 Å². The van der Waals surface area contributed by atoms with Gasteiger partial charge in [0.1, 0.15) is 0 Å². The molecule has 8 nitrogen and oxygen atoms in total. The van der Waals surface area contributed by atoms with E-state index in [0.29, 0.717) is 63.4 Å². The van der Waals surface area contributed by atoms with Gasteiger partial charge in [-0.1, -0.05) is 6.92 Å². The monoisotopic (exact) mass is 437 g/mol. The molecule has 1 amide bonds. The maximum Gasteiger partial charge on any atom is 0.243 e. The molecule has 2 saturated heterocycles. The summed E-state index contributed by atoms with van der Waals surface area (Å²) in [5.74, 6) is 1.77. The second kappa shape index (κ2) is 9.11. The van der Waals surface area contributed by atoms with E-state index in [-0.39, 0.29) is 10.8 Å². The molecule has 3 aliphatic heterocycles. The van der Waals surface area contributed by atoms with Crippen molar-refractivity contribution in [1.82, 2.24) is 14.1 Å². The van der Waals surface area contributed by atoms with Crippen LogP contribution in [-0.2, 0) is 14.8 Å². The minimum Gasteiger partial charge on any atom is -0.490 e. The largest absolute Gasteiger partial charge is 0.490 e. The van der Waals surface area contributed by atoms with Crippen LogP contribution in [0.2, 0.25) is 0 Å². The number of piperidine rings is 1. The fraction of sp³-hybridized carbons (Fsp3) is 0.667. The van der Waals surface area contributed by atoms with Crippen LogP contribution in [0.4, 0.5) is 0 Å². The van der Waals surface area contributed by atoms with Crippen molar-refractivity contribution in [2.45, 2.75) is 31.1 Å². The molecular weight excluding hydrogens is 406 g/mol. The highest BCUT2D eigenvalue weighted by Gasteiger charge is 2.31. The van der Waals surface area contributed by atoms with Crippen LogP contribution < -0.4 is 9.47 Å². The van der Waals surface area contributed by atoms with Gasteiger partial charge < -0.3 is 14.4 Å². The van der Waals surface area contributed by atoms with Crippen molar-refractivity contribution >= 4 is 15.9 Å². The molecule has 9 heteroatoms. The van der Waals surface area contributed by atoms with Gasteiger partial charge in [-0.15, -0.1) is 0 Å². The van der Waals surface area contributed by atoms with Gasteiger partial charge in [-0.05, 0) is 37.4 Å². The van der Waals surface area contributed by atoms with Gasteiger partial charge in [-0.2, -0.15) is 4.31 Å². The zero-order valence-electron chi connectivity index (χ0n) is 17.6. The first-order valence-electron chi connectivity index (χ1n) is 10.8. The zero-order chi connectivity index (χ0) is 21.1. The Morgan fingerprint density at radius 2 is 1.77 bits per heavy atom. The minimum atomic E-state index is -3.64. The van der Waals surface area contributed by atoms with Crippen LogP contribution in [0.5, 0.6) is 11.5 Å². The summed E-state index contributed by atoms with van der Waals surface area (Å²) < 4.78 is 38.9. The number of nitrogens with zero attached hydrogens (tertiary/aromatic N) is 3. The molecule has 3 heterocycles. The first-order valence-corrected chi connectivity index (χ1v) is 12.3. The summed E-state index contributed by atoms with van der Waals surface area (Å²) in [6.45, 7) is 7.10. The molecule has 0 aromatic heterocycles. The lowest BCUT2D eigenvalue weighted by molar-refractivity contribution is -0.134. The number of carbonyl (C=O) groups excluding carboxylic acids is 1. The van der Waals surface area contributed by atoms with Gasteiger partial charge in [-0.25, -0.2) is 8.42 Å². The molecule has 0 radical (unpaired) electrons. The average Bonchev–Trinajstić information content (AvgIpc) is 2.98. The molecule has 1 aromatic carbocycles. The van der Waals surface area contributed by atoms with Gasteiger partial charge in [-0.3, -0.25) is 9.69 Å². The Hall–Kier alpha value is -1.84. The van der Waals surface area contributed by atoms with Crippen molar-refractivity contribution in [2.75, 3.05) is 59.0 Å². The number of carbonyl (C=O) groups is 1. The van der Waals surface area contributed by atoms with Gasteiger partial charge in [0.2, 0.25) is 15.9 Å². The number of rotatable bonds is 4. The molecule has 0 N–H and O–H groups in total. The van der Waals surface area contributed by atoms with Crippen LogP contribution in [0.3, 0.4) is 0 Å². The highest BCUT2D eigenvalue weighted by atomic mass is 32.2. The Kier molecular flexibility index (Phi) is 6.50. The third-order valence-corrected chi connectivity index (χ3v) is 7.94. The molecule has 0 spiro atoms. The number of fused-ring (bicyclic) bond motifs is 1. The maximum atomic E-state index is 13.1. The predicted octanol–water partition coefficient (Wildman–Crippen LogP) is 1.41. The van der Waals surface area contributed by atoms with Crippen molar-refractivity contribution in [2.24, 2.45) is 5.92 Å². The van der Waals surface area contributed by atoms with E-state index in [9.17, 15) is 13.2 Å². The predicted molar refractivity (Wildman–Crippen MR) is 112 cm³/mol. The summed E-state index contributed by atoms with van der Waals surface area (Å²) in [6, 6.07) is 4.77. The molecule has 1 aromatic rings. The standard InChI is InChI=1S/C21H31N3O5S/c1-17-4-2-7-22(15-17)16-21(25)23-8-10-24(11-9-23)30(26,27)18-5-6-19-20(14-18)29-13-3-12-28-19/h5-6,14,17H,2-4,7-13,15-16H2,1H3. The lowest BCUT2D eigenvalue weighted by atomic mass is 10.0. The normalized spacial score (nSPS) is 23.8. The third kappa shape index (κ3) is 4.73. The van der Waals surface area contributed by atoms with Crippen LogP contribution in [0.1, 0.15) is 26.2 Å². The number of piperazine rings is 1. The number of hydrogen-bond acceptors (Lipinski definition) is 6. The molecule has 0 bridgehead atoms. The topological polar surface area (TPSA) is 79.4 Å². The second-order valence-corrected chi connectivity index (χ2v) is 10.4. The van der Waals surface area contributed by atoms with E-state index < -0.39 is 10.0 Å². The molecule has 4 rings (SSSR count). The zero-order valence-corrected chi connectivity index (χ0v) is 18.4. The Bertz CT molecular complexity index is 867. The number of likely N-dealkylation sites (tertiary alicyclic amines) is 1. The fourth-order valence-electron chi connectivity index (χ4n) is 4.35. The van der Waals surface area contributed by atoms with Gasteiger partial charge in [0, 0.05) is 45.2 Å². The molecule has 30 heavy (non-hydrogen) atoms. The summed E-state index contributed by atoms with van der Waals surface area (Å²) in [4.78, 5) is 16.9. The van der Waals surface area contributed by atoms with E-state index in [2.05, 4.69) is 11.8 Å². The summed E-state index contributed by atoms with van der Waals surface area (Å²) >= 11 is 0. The number of amides is 1. The molecule has 2 fully saturated rings. The quantitative estimate of drug-likeness (QED) is 0.709. The summed E-state index contributed by atoms with van der Waals surface area (Å²) in [7, 11) is -3.64. The molecule has 1 unspecified atom stereocenters. The van der Waals surface area contributed by atoms with Gasteiger partial charge in [0.15, 0.2) is 11.5 Å². The molecule has 0 saturated carbocycles. The van der Waals surface area contributed by atoms with E-state index in [1.807, 2.05) is 0 Å². The van der Waals surface area contributed by atoms with Gasteiger partial charge >= 0.3 is 0 Å². The Balaban J connectivity index is 1.36. The highest BCUT2D eigenvalue weighted by Crippen LogP contribution is 2.33. The molecule has 166 valence electrons. The number of benzene rings is 1. The van der Waals surface area contributed by atoms with Gasteiger partial charge in [0.25, 0.3) is 0 Å². The Morgan fingerprint density at radius 1 is 1.03 bits per heavy atom. The van der Waals surface area contributed by atoms with E-state index in [0.717, 1.165) is 25.9 Å². The van der Waals surface area contributed by atoms with Crippen LogP contribution in [0.15, 0.2) is 23.1 Å². The minimum absolute atomic E-state index is 0.0942. The van der Waals surface area contributed by atoms with E-state index in [1.54, 1.807) is 23.1 Å². The number of ether oxygens (including phenoxy) is 2. The van der Waals surface area contributed by atoms with Crippen molar-refractivity contribution in [3.63, 3.8) is 0 Å². The van der Waals surface area contributed by atoms with Crippen LogP contribution in [0.25, 0.3) is 0 Å². The van der Waals surface area contributed by atoms with Crippen molar-refractivity contribution in [3.8, 4) is 11.5 Å². The maximum absolute atomic E-state index is 13.1. The van der Waals surface area contributed by atoms with Crippen LogP contribution >= 0.6 is 0 Å². The number of sulfonamides is 1. The number of hydrogen-bond donors (Lipinski definition) is 0. The van der Waals surface area contributed by atoms with Gasteiger partial charge in [0.05, 0.1) is 24.7 Å². The fourth-order valence-corrected chi connectivity index (χ4v) is 5.79. The van der Waals surface area contributed by atoms with E-state index >= 15 is 0 Å². The van der Waals surface area contributed by atoms with Crippen molar-refractivity contribution < 1.29 is 22.7 Å². The molecule has 3 aliphatic rings. The first-order chi connectivity index (χ1) is 14.4. The SMILES string of the molecule is CC1CCCN(CC(=O)N2CCN(S(=O)(=O)c3ccc4c(c3)OCCCO4)CC2)C1. The molecule has 0 aliphatic carbocycles. The summed E-state index contributed by atoms with van der Waals surface area (Å²) in [6.07, 6.45) is 3.13.